The van der Waals surface area contributed by atoms with Crippen LogP contribution in [0.15, 0.2) is 12.4 Å². The third kappa shape index (κ3) is 5.04. The van der Waals surface area contributed by atoms with E-state index in [9.17, 15) is 4.79 Å². The fourth-order valence-electron chi connectivity index (χ4n) is 4.11. The fraction of sp³-hybridized carbons (Fsp3) is 0.783. The lowest BCUT2D eigenvalue weighted by molar-refractivity contribution is 0.00578. The molecule has 0 radical (unpaired) electrons. The summed E-state index contributed by atoms with van der Waals surface area (Å²) < 4.78 is 17.8. The van der Waals surface area contributed by atoms with Crippen LogP contribution in [-0.2, 0) is 14.0 Å². The van der Waals surface area contributed by atoms with E-state index in [4.69, 9.17) is 14.0 Å². The molecule has 176 valence electrons. The quantitative estimate of drug-likeness (QED) is 0.647. The number of likely N-dealkylation sites (tertiary alicyclic amines) is 1. The van der Waals surface area contributed by atoms with Crippen LogP contribution in [-0.4, -0.2) is 70.6 Å². The molecule has 8 nitrogen and oxygen atoms in total. The maximum atomic E-state index is 12.4. The number of hydrogen-bond donors (Lipinski definition) is 0. The topological polar surface area (TPSA) is 77.0 Å². The van der Waals surface area contributed by atoms with Gasteiger partial charge in [0, 0.05) is 43.5 Å². The summed E-state index contributed by atoms with van der Waals surface area (Å²) in [6, 6.07) is 0.480. The molecule has 9 heteroatoms. The Morgan fingerprint density at radius 1 is 1.16 bits per heavy atom. The van der Waals surface area contributed by atoms with E-state index in [2.05, 4.69) is 14.9 Å². The fourth-order valence-corrected chi connectivity index (χ4v) is 4.11. The first-order valence-corrected chi connectivity index (χ1v) is 11.8. The van der Waals surface area contributed by atoms with E-state index in [1.165, 1.54) is 0 Å². The van der Waals surface area contributed by atoms with Gasteiger partial charge >= 0.3 is 13.2 Å². The maximum absolute atomic E-state index is 12.4. The summed E-state index contributed by atoms with van der Waals surface area (Å²) in [7, 11) is -0.458. The minimum Gasteiger partial charge on any atom is -0.444 e. The van der Waals surface area contributed by atoms with Gasteiger partial charge in [0.1, 0.15) is 5.60 Å². The summed E-state index contributed by atoms with van der Waals surface area (Å²) in [4.78, 5) is 25.9. The van der Waals surface area contributed by atoms with E-state index in [1.54, 1.807) is 0 Å². The van der Waals surface area contributed by atoms with Crippen LogP contribution in [0.3, 0.4) is 0 Å². The molecular formula is C23H37BN4O4. The molecule has 1 saturated carbocycles. The van der Waals surface area contributed by atoms with Gasteiger partial charge in [-0.1, -0.05) is 0 Å². The van der Waals surface area contributed by atoms with E-state index in [0.717, 1.165) is 43.8 Å². The summed E-state index contributed by atoms with van der Waals surface area (Å²) in [5, 5.41) is 0. The highest BCUT2D eigenvalue weighted by Gasteiger charge is 2.52. The average molecular weight is 444 g/mol. The van der Waals surface area contributed by atoms with E-state index in [0.29, 0.717) is 18.5 Å². The van der Waals surface area contributed by atoms with Gasteiger partial charge in [-0.3, -0.25) is 0 Å². The Labute approximate surface area is 192 Å². The van der Waals surface area contributed by atoms with Crippen LogP contribution >= 0.6 is 0 Å². The van der Waals surface area contributed by atoms with Crippen molar-refractivity contribution in [3.63, 3.8) is 0 Å². The first-order valence-electron chi connectivity index (χ1n) is 11.8. The van der Waals surface area contributed by atoms with Crippen molar-refractivity contribution in [1.82, 2.24) is 14.9 Å². The van der Waals surface area contributed by atoms with E-state index < -0.39 is 23.9 Å². The molecule has 0 aromatic carbocycles. The molecule has 0 N–H and O–H groups in total. The molecule has 1 amide bonds. The number of amides is 1. The molecule has 32 heavy (non-hydrogen) atoms. The van der Waals surface area contributed by atoms with Gasteiger partial charge in [-0.2, -0.15) is 0 Å². The lowest BCUT2D eigenvalue weighted by Crippen LogP contribution is -2.41. The minimum atomic E-state index is -0.470. The molecular weight excluding hydrogens is 407 g/mol. The van der Waals surface area contributed by atoms with Crippen molar-refractivity contribution < 1.29 is 18.8 Å². The van der Waals surface area contributed by atoms with Gasteiger partial charge in [-0.25, -0.2) is 14.8 Å². The highest BCUT2D eigenvalue weighted by Crippen LogP contribution is 2.36. The number of anilines is 1. The summed E-state index contributed by atoms with van der Waals surface area (Å²) in [5.74, 6) is 1.12. The monoisotopic (exact) mass is 444 g/mol. The largest absolute Gasteiger partial charge is 0.498 e. The summed E-state index contributed by atoms with van der Waals surface area (Å²) in [6.45, 7) is 16.2. The second-order valence-electron chi connectivity index (χ2n) is 11.4. The van der Waals surface area contributed by atoms with Crippen molar-refractivity contribution in [2.45, 2.75) is 90.6 Å². The second-order valence-corrected chi connectivity index (χ2v) is 11.4. The molecule has 1 aliphatic carbocycles. The van der Waals surface area contributed by atoms with E-state index in [1.807, 2.05) is 65.8 Å². The van der Waals surface area contributed by atoms with Crippen molar-refractivity contribution in [3.8, 4) is 0 Å². The Morgan fingerprint density at radius 3 is 2.28 bits per heavy atom. The molecule has 0 bridgehead atoms. The minimum absolute atomic E-state index is 0.221. The molecule has 2 saturated heterocycles. The van der Waals surface area contributed by atoms with Crippen LogP contribution in [0.2, 0.25) is 0 Å². The third-order valence-electron chi connectivity index (χ3n) is 6.82. The molecule has 1 atom stereocenters. The smallest absolute Gasteiger partial charge is 0.444 e. The molecule has 1 aromatic rings. The van der Waals surface area contributed by atoms with Crippen molar-refractivity contribution in [1.29, 1.82) is 0 Å². The van der Waals surface area contributed by atoms with E-state index >= 15 is 0 Å². The number of carbonyl (C=O) groups is 1. The van der Waals surface area contributed by atoms with Gasteiger partial charge in [0.2, 0.25) is 5.95 Å². The van der Waals surface area contributed by atoms with E-state index in [-0.39, 0.29) is 6.09 Å². The zero-order chi connectivity index (χ0) is 23.3. The average Bonchev–Trinajstić information content (AvgIpc) is 3.35. The van der Waals surface area contributed by atoms with Crippen LogP contribution < -0.4 is 10.4 Å². The van der Waals surface area contributed by atoms with Gasteiger partial charge < -0.3 is 23.8 Å². The Morgan fingerprint density at radius 2 is 1.75 bits per heavy atom. The summed E-state index contributed by atoms with van der Waals surface area (Å²) in [6.07, 6.45) is 6.70. The second kappa shape index (κ2) is 8.17. The SMILES string of the molecule is CC(C)(C)OC(=O)N1CC[C@H](CN(c2ncc(B3OC(C)(C)C(C)(C)O3)cn2)C2CC2)C1. The molecule has 4 rings (SSSR count). The number of rotatable bonds is 5. The molecule has 1 aromatic heterocycles. The maximum Gasteiger partial charge on any atom is 0.498 e. The lowest BCUT2D eigenvalue weighted by atomic mass is 9.81. The summed E-state index contributed by atoms with van der Waals surface area (Å²) >= 11 is 0. The normalized spacial score (nSPS) is 24.7. The molecule has 0 spiro atoms. The molecule has 3 heterocycles. The van der Waals surface area contributed by atoms with Crippen molar-refractivity contribution in [3.05, 3.63) is 12.4 Å². The Bertz CT molecular complexity index is 819. The molecule has 3 aliphatic rings. The van der Waals surface area contributed by atoms with Gasteiger partial charge in [-0.05, 0) is 73.6 Å². The predicted molar refractivity (Wildman–Crippen MR) is 124 cm³/mol. The number of nitrogens with zero attached hydrogens (tertiary/aromatic N) is 4. The zero-order valence-corrected chi connectivity index (χ0v) is 20.6. The first-order chi connectivity index (χ1) is 14.8. The van der Waals surface area contributed by atoms with Crippen LogP contribution in [0, 0.1) is 5.92 Å². The van der Waals surface area contributed by atoms with Crippen LogP contribution in [0.1, 0.15) is 67.7 Å². The Hall–Kier alpha value is -1.87. The highest BCUT2D eigenvalue weighted by molar-refractivity contribution is 6.61. The van der Waals surface area contributed by atoms with Crippen LogP contribution in [0.4, 0.5) is 10.7 Å². The van der Waals surface area contributed by atoms with Gasteiger partial charge in [0.15, 0.2) is 0 Å². The van der Waals surface area contributed by atoms with Gasteiger partial charge in [0.25, 0.3) is 0 Å². The molecule has 3 fully saturated rings. The number of ether oxygens (including phenoxy) is 1. The van der Waals surface area contributed by atoms with Gasteiger partial charge in [0.05, 0.1) is 11.2 Å². The first kappa shape index (κ1) is 23.3. The van der Waals surface area contributed by atoms with Crippen molar-refractivity contribution in [2.24, 2.45) is 5.92 Å². The Balaban J connectivity index is 1.39. The summed E-state index contributed by atoms with van der Waals surface area (Å²) in [5.41, 5.74) is -0.417. The van der Waals surface area contributed by atoms with Crippen molar-refractivity contribution >= 4 is 24.6 Å². The zero-order valence-electron chi connectivity index (χ0n) is 20.6. The molecule has 2 aliphatic heterocycles. The number of hydrogen-bond acceptors (Lipinski definition) is 7. The van der Waals surface area contributed by atoms with Crippen LogP contribution in [0.5, 0.6) is 0 Å². The lowest BCUT2D eigenvalue weighted by Gasteiger charge is -2.32. The Kier molecular flexibility index (Phi) is 5.95. The standard InChI is InChI=1S/C23H37BN4O4/c1-21(2,3)30-20(29)27-11-10-16(14-27)15-28(18-8-9-18)19-25-12-17(13-26-19)24-31-22(4,5)23(6,7)32-24/h12-13,16,18H,8-11,14-15H2,1-7H3/t16-/m0/s1. The number of carbonyl (C=O) groups excluding carboxylic acids is 1. The van der Waals surface area contributed by atoms with Gasteiger partial charge in [-0.15, -0.1) is 0 Å². The van der Waals surface area contributed by atoms with Crippen molar-refractivity contribution in [2.75, 3.05) is 24.5 Å². The number of aromatic nitrogens is 2. The predicted octanol–water partition coefficient (Wildman–Crippen LogP) is 3.00. The third-order valence-corrected chi connectivity index (χ3v) is 6.82. The van der Waals surface area contributed by atoms with Crippen LogP contribution in [0.25, 0.3) is 0 Å². The highest BCUT2D eigenvalue weighted by atomic mass is 16.7. The molecule has 0 unspecified atom stereocenters.